The van der Waals surface area contributed by atoms with Crippen molar-refractivity contribution in [3.05, 3.63) is 23.6 Å². The van der Waals surface area contributed by atoms with Crippen molar-refractivity contribution in [3.8, 4) is 0 Å². The number of aliphatic hydroxyl groups is 2. The Hall–Kier alpha value is -1.24. The Morgan fingerprint density at radius 1 is 1.53 bits per heavy atom. The van der Waals surface area contributed by atoms with E-state index < -0.39 is 11.9 Å². The molecule has 5 nitrogen and oxygen atoms in total. The second kappa shape index (κ2) is 5.81. The molecule has 6 heteroatoms. The van der Waals surface area contributed by atoms with E-state index in [0.717, 1.165) is 6.54 Å². The van der Waals surface area contributed by atoms with Crippen molar-refractivity contribution in [1.29, 1.82) is 0 Å². The van der Waals surface area contributed by atoms with E-state index in [-0.39, 0.29) is 24.0 Å². The normalized spacial score (nSPS) is 23.4. The second-order valence-corrected chi connectivity index (χ2v) is 5.22. The highest BCUT2D eigenvalue weighted by molar-refractivity contribution is 5.45. The molecule has 1 aliphatic rings. The number of aromatic nitrogens is 1. The van der Waals surface area contributed by atoms with Gasteiger partial charge in [0.2, 0.25) is 0 Å². The molecular weight excluding hydrogens is 249 g/mol. The van der Waals surface area contributed by atoms with Crippen molar-refractivity contribution in [2.45, 2.75) is 25.2 Å². The lowest BCUT2D eigenvalue weighted by Crippen LogP contribution is -2.38. The number of anilines is 1. The SMILES string of the molecule is CN(C)CC1CC(O)CN1c1nccc(CO)c1F. The fourth-order valence-electron chi connectivity index (χ4n) is 2.54. The van der Waals surface area contributed by atoms with E-state index in [1.54, 1.807) is 4.90 Å². The first-order valence-electron chi connectivity index (χ1n) is 6.36. The Kier molecular flexibility index (Phi) is 4.34. The van der Waals surface area contributed by atoms with Crippen LogP contribution in [0.3, 0.4) is 0 Å². The number of hydrogen-bond donors (Lipinski definition) is 2. The van der Waals surface area contributed by atoms with E-state index in [1.165, 1.54) is 12.3 Å². The molecule has 2 heterocycles. The van der Waals surface area contributed by atoms with Crippen LogP contribution in [0.2, 0.25) is 0 Å². The van der Waals surface area contributed by atoms with Crippen molar-refractivity contribution in [2.24, 2.45) is 0 Å². The van der Waals surface area contributed by atoms with Crippen LogP contribution in [0, 0.1) is 5.82 Å². The molecule has 1 aromatic heterocycles. The lowest BCUT2D eigenvalue weighted by molar-refractivity contribution is 0.191. The van der Waals surface area contributed by atoms with Crippen LogP contribution < -0.4 is 4.90 Å². The molecule has 0 bridgehead atoms. The average Bonchev–Trinajstić information content (AvgIpc) is 2.69. The Bertz CT molecular complexity index is 442. The van der Waals surface area contributed by atoms with Crippen LogP contribution in [0.15, 0.2) is 12.3 Å². The molecule has 106 valence electrons. The van der Waals surface area contributed by atoms with E-state index in [9.17, 15) is 9.50 Å². The van der Waals surface area contributed by atoms with E-state index in [4.69, 9.17) is 5.11 Å². The quantitative estimate of drug-likeness (QED) is 0.818. The van der Waals surface area contributed by atoms with Crippen molar-refractivity contribution in [2.75, 3.05) is 32.1 Å². The molecule has 0 spiro atoms. The summed E-state index contributed by atoms with van der Waals surface area (Å²) in [4.78, 5) is 7.87. The smallest absolute Gasteiger partial charge is 0.171 e. The summed E-state index contributed by atoms with van der Waals surface area (Å²) in [5, 5.41) is 18.9. The fraction of sp³-hybridized carbons (Fsp3) is 0.615. The van der Waals surface area contributed by atoms with Crippen molar-refractivity contribution in [3.63, 3.8) is 0 Å². The summed E-state index contributed by atoms with van der Waals surface area (Å²) in [5.41, 5.74) is 0.231. The highest BCUT2D eigenvalue weighted by atomic mass is 19.1. The molecule has 2 atom stereocenters. The van der Waals surface area contributed by atoms with Crippen LogP contribution in [0.4, 0.5) is 10.2 Å². The van der Waals surface area contributed by atoms with Crippen LogP contribution in [0.5, 0.6) is 0 Å². The lowest BCUT2D eigenvalue weighted by atomic mass is 10.2. The summed E-state index contributed by atoms with van der Waals surface area (Å²) in [7, 11) is 3.88. The predicted molar refractivity (Wildman–Crippen MR) is 70.4 cm³/mol. The monoisotopic (exact) mass is 269 g/mol. The van der Waals surface area contributed by atoms with Crippen molar-refractivity contribution >= 4 is 5.82 Å². The molecule has 19 heavy (non-hydrogen) atoms. The summed E-state index contributed by atoms with van der Waals surface area (Å²) in [6, 6.07) is 1.49. The third-order valence-corrected chi connectivity index (χ3v) is 3.36. The maximum atomic E-state index is 14.2. The molecule has 2 rings (SSSR count). The van der Waals surface area contributed by atoms with E-state index in [0.29, 0.717) is 13.0 Å². The summed E-state index contributed by atoms with van der Waals surface area (Å²) in [6.45, 7) is 0.745. The summed E-state index contributed by atoms with van der Waals surface area (Å²) < 4.78 is 14.2. The topological polar surface area (TPSA) is 59.8 Å². The highest BCUT2D eigenvalue weighted by Crippen LogP contribution is 2.28. The first-order chi connectivity index (χ1) is 9.02. The lowest BCUT2D eigenvalue weighted by Gasteiger charge is -2.28. The minimum Gasteiger partial charge on any atom is -0.392 e. The van der Waals surface area contributed by atoms with Gasteiger partial charge in [-0.2, -0.15) is 0 Å². The number of pyridine rings is 1. The predicted octanol–water partition coefficient (Wildman–Crippen LogP) is 0.214. The van der Waals surface area contributed by atoms with Gasteiger partial charge in [0, 0.05) is 30.9 Å². The maximum Gasteiger partial charge on any atom is 0.171 e. The van der Waals surface area contributed by atoms with Gasteiger partial charge in [-0.15, -0.1) is 0 Å². The fourth-order valence-corrected chi connectivity index (χ4v) is 2.54. The zero-order valence-corrected chi connectivity index (χ0v) is 11.3. The molecular formula is C13H20FN3O2. The third-order valence-electron chi connectivity index (χ3n) is 3.36. The number of aliphatic hydroxyl groups excluding tert-OH is 2. The Morgan fingerprint density at radius 3 is 2.89 bits per heavy atom. The van der Waals surface area contributed by atoms with Crippen LogP contribution >= 0.6 is 0 Å². The zero-order valence-electron chi connectivity index (χ0n) is 11.3. The first-order valence-corrected chi connectivity index (χ1v) is 6.36. The summed E-state index contributed by atoms with van der Waals surface area (Å²) in [6.07, 6.45) is 1.62. The number of β-amino-alcohol motifs (C(OH)–C–C–N with tert-alkyl or cyclic N) is 1. The molecule has 2 unspecified atom stereocenters. The Labute approximate surface area is 112 Å². The van der Waals surface area contributed by atoms with Gasteiger partial charge in [0.25, 0.3) is 0 Å². The number of nitrogens with zero attached hydrogens (tertiary/aromatic N) is 3. The van der Waals surface area contributed by atoms with Gasteiger partial charge < -0.3 is 20.0 Å². The van der Waals surface area contributed by atoms with Crippen LogP contribution in [-0.2, 0) is 6.61 Å². The molecule has 0 aromatic carbocycles. The molecule has 0 aliphatic carbocycles. The Balaban J connectivity index is 2.28. The second-order valence-electron chi connectivity index (χ2n) is 5.22. The molecule has 0 saturated carbocycles. The van der Waals surface area contributed by atoms with E-state index in [2.05, 4.69) is 4.98 Å². The van der Waals surface area contributed by atoms with E-state index in [1.807, 2.05) is 19.0 Å². The molecule has 2 N–H and O–H groups in total. The standard InChI is InChI=1S/C13H20FN3O2/c1-16(2)6-10-5-11(19)7-17(10)13-12(14)9(8-18)3-4-15-13/h3-4,10-11,18-19H,5-8H2,1-2H3. The largest absolute Gasteiger partial charge is 0.392 e. The molecule has 1 aromatic rings. The van der Waals surface area contributed by atoms with Gasteiger partial charge in [-0.1, -0.05) is 0 Å². The third kappa shape index (κ3) is 3.02. The number of rotatable bonds is 4. The van der Waals surface area contributed by atoms with Crippen LogP contribution in [0.1, 0.15) is 12.0 Å². The minimum atomic E-state index is -0.497. The molecule has 1 fully saturated rings. The van der Waals surface area contributed by atoms with Gasteiger partial charge in [0.1, 0.15) is 0 Å². The maximum absolute atomic E-state index is 14.2. The van der Waals surface area contributed by atoms with Gasteiger partial charge >= 0.3 is 0 Å². The van der Waals surface area contributed by atoms with Gasteiger partial charge in [-0.3, -0.25) is 0 Å². The minimum absolute atomic E-state index is 0.0287. The van der Waals surface area contributed by atoms with E-state index >= 15 is 0 Å². The van der Waals surface area contributed by atoms with Gasteiger partial charge in [0.05, 0.1) is 12.7 Å². The van der Waals surface area contributed by atoms with Crippen LogP contribution in [0.25, 0.3) is 0 Å². The van der Waals surface area contributed by atoms with Crippen molar-refractivity contribution < 1.29 is 14.6 Å². The first kappa shape index (κ1) is 14.2. The molecule has 1 aliphatic heterocycles. The van der Waals surface area contributed by atoms with Gasteiger partial charge in [-0.25, -0.2) is 9.37 Å². The number of likely N-dealkylation sites (N-methyl/N-ethyl adjacent to an activating group) is 1. The summed E-state index contributed by atoms with van der Waals surface area (Å²) in [5.74, 6) is -0.280. The molecule has 0 amide bonds. The number of hydrogen-bond acceptors (Lipinski definition) is 5. The Morgan fingerprint density at radius 2 is 2.26 bits per heavy atom. The average molecular weight is 269 g/mol. The van der Waals surface area contributed by atoms with Gasteiger partial charge in [0.15, 0.2) is 11.6 Å². The highest BCUT2D eigenvalue weighted by Gasteiger charge is 2.33. The molecule has 1 saturated heterocycles. The van der Waals surface area contributed by atoms with Crippen molar-refractivity contribution in [1.82, 2.24) is 9.88 Å². The zero-order chi connectivity index (χ0) is 14.0. The van der Waals surface area contributed by atoms with Gasteiger partial charge in [-0.05, 0) is 26.6 Å². The molecule has 0 radical (unpaired) electrons. The van der Waals surface area contributed by atoms with Crippen LogP contribution in [-0.4, -0.2) is 59.4 Å². The number of halogens is 1. The summed E-state index contributed by atoms with van der Waals surface area (Å²) >= 11 is 0.